The Balaban J connectivity index is 1.80. The Labute approximate surface area is 142 Å². The van der Waals surface area contributed by atoms with Gasteiger partial charge in [0.15, 0.2) is 0 Å². The number of carboxylic acids is 1. The van der Waals surface area contributed by atoms with E-state index in [1.165, 1.54) is 0 Å². The van der Waals surface area contributed by atoms with Crippen molar-refractivity contribution in [2.75, 3.05) is 26.2 Å². The zero-order valence-electron chi connectivity index (χ0n) is 14.1. The first-order chi connectivity index (χ1) is 11.5. The van der Waals surface area contributed by atoms with Crippen LogP contribution in [0.1, 0.15) is 38.5 Å². The molecule has 3 amide bonds. The van der Waals surface area contributed by atoms with E-state index >= 15 is 0 Å². The minimum absolute atomic E-state index is 0.0701. The van der Waals surface area contributed by atoms with Crippen LogP contribution >= 0.6 is 0 Å². The molecule has 7 heteroatoms. The number of likely N-dealkylation sites (tertiary alicyclic amines) is 2. The molecule has 0 saturated carbocycles. The molecule has 24 heavy (non-hydrogen) atoms. The summed E-state index contributed by atoms with van der Waals surface area (Å²) in [5.74, 6) is -1.47. The van der Waals surface area contributed by atoms with Crippen LogP contribution < -0.4 is 5.32 Å². The maximum atomic E-state index is 12.3. The van der Waals surface area contributed by atoms with E-state index in [0.717, 1.165) is 25.9 Å². The normalized spacial score (nSPS) is 19.8. The van der Waals surface area contributed by atoms with Crippen LogP contribution in [-0.2, 0) is 9.59 Å². The molecule has 0 aromatic heterocycles. The SMILES string of the molecule is C=CCCC(NC(=O)C1CCN(C(=O)N2CCCC2)CC1)C(=O)O. The predicted molar refractivity (Wildman–Crippen MR) is 89.5 cm³/mol. The molecule has 0 radical (unpaired) electrons. The number of amides is 3. The fourth-order valence-corrected chi connectivity index (χ4v) is 3.27. The highest BCUT2D eigenvalue weighted by Gasteiger charge is 2.31. The molecule has 134 valence electrons. The van der Waals surface area contributed by atoms with E-state index in [1.807, 2.05) is 9.80 Å². The molecule has 2 rings (SSSR count). The monoisotopic (exact) mass is 337 g/mol. The number of carbonyl (C=O) groups is 3. The largest absolute Gasteiger partial charge is 0.480 e. The van der Waals surface area contributed by atoms with E-state index in [9.17, 15) is 19.5 Å². The van der Waals surface area contributed by atoms with E-state index < -0.39 is 12.0 Å². The Morgan fingerprint density at radius 1 is 1.12 bits per heavy atom. The van der Waals surface area contributed by atoms with Gasteiger partial charge in [0.25, 0.3) is 0 Å². The summed E-state index contributed by atoms with van der Waals surface area (Å²) in [5.41, 5.74) is 0. The number of rotatable bonds is 6. The number of nitrogens with zero attached hydrogens (tertiary/aromatic N) is 2. The van der Waals surface area contributed by atoms with Crippen molar-refractivity contribution < 1.29 is 19.5 Å². The van der Waals surface area contributed by atoms with Crippen molar-refractivity contribution in [2.24, 2.45) is 5.92 Å². The van der Waals surface area contributed by atoms with Crippen LogP contribution in [0.3, 0.4) is 0 Å². The number of hydrogen-bond donors (Lipinski definition) is 2. The average Bonchev–Trinajstić information content (AvgIpc) is 3.12. The zero-order valence-corrected chi connectivity index (χ0v) is 14.1. The Hall–Kier alpha value is -2.05. The number of carbonyl (C=O) groups excluding carboxylic acids is 2. The Morgan fingerprint density at radius 3 is 2.25 bits per heavy atom. The summed E-state index contributed by atoms with van der Waals surface area (Å²) >= 11 is 0. The van der Waals surface area contributed by atoms with Crippen molar-refractivity contribution in [1.29, 1.82) is 0 Å². The molecule has 1 atom stereocenters. The van der Waals surface area contributed by atoms with Gasteiger partial charge in [-0.1, -0.05) is 6.08 Å². The number of nitrogens with one attached hydrogen (secondary N) is 1. The van der Waals surface area contributed by atoms with Crippen molar-refractivity contribution >= 4 is 17.9 Å². The molecule has 2 aliphatic heterocycles. The van der Waals surface area contributed by atoms with Gasteiger partial charge in [0.2, 0.25) is 5.91 Å². The highest BCUT2D eigenvalue weighted by molar-refractivity contribution is 5.85. The first kappa shape index (κ1) is 18.3. The molecular weight excluding hydrogens is 310 g/mol. The third-order valence-corrected chi connectivity index (χ3v) is 4.79. The van der Waals surface area contributed by atoms with Crippen molar-refractivity contribution in [3.8, 4) is 0 Å². The van der Waals surface area contributed by atoms with Crippen LogP contribution in [-0.4, -0.2) is 65.0 Å². The van der Waals surface area contributed by atoms with Gasteiger partial charge in [0.05, 0.1) is 0 Å². The Kier molecular flexibility index (Phi) is 6.63. The number of piperidine rings is 1. The second kappa shape index (κ2) is 8.70. The van der Waals surface area contributed by atoms with Crippen LogP contribution in [0.25, 0.3) is 0 Å². The van der Waals surface area contributed by atoms with Gasteiger partial charge in [-0.2, -0.15) is 0 Å². The molecule has 0 bridgehead atoms. The lowest BCUT2D eigenvalue weighted by Crippen LogP contribution is -2.49. The lowest BCUT2D eigenvalue weighted by molar-refractivity contribution is -0.142. The van der Waals surface area contributed by atoms with E-state index in [1.54, 1.807) is 6.08 Å². The van der Waals surface area contributed by atoms with E-state index in [4.69, 9.17) is 0 Å². The first-order valence-corrected chi connectivity index (χ1v) is 8.71. The maximum absolute atomic E-state index is 12.3. The molecule has 0 aromatic rings. The molecule has 2 aliphatic rings. The lowest BCUT2D eigenvalue weighted by Gasteiger charge is -2.34. The van der Waals surface area contributed by atoms with Crippen LogP contribution in [0.2, 0.25) is 0 Å². The summed E-state index contributed by atoms with van der Waals surface area (Å²) in [5, 5.41) is 11.8. The van der Waals surface area contributed by atoms with Gasteiger partial charge in [0.1, 0.15) is 6.04 Å². The molecule has 2 fully saturated rings. The Morgan fingerprint density at radius 2 is 1.71 bits per heavy atom. The summed E-state index contributed by atoms with van der Waals surface area (Å²) in [4.78, 5) is 39.5. The van der Waals surface area contributed by atoms with Crippen LogP contribution in [0.5, 0.6) is 0 Å². The van der Waals surface area contributed by atoms with Crippen molar-refractivity contribution in [1.82, 2.24) is 15.1 Å². The second-order valence-corrected chi connectivity index (χ2v) is 6.50. The zero-order chi connectivity index (χ0) is 17.5. The minimum atomic E-state index is -1.02. The van der Waals surface area contributed by atoms with Gasteiger partial charge in [-0.3, -0.25) is 4.79 Å². The number of carboxylic acid groups (broad SMARTS) is 1. The minimum Gasteiger partial charge on any atom is -0.480 e. The standard InChI is InChI=1S/C17H27N3O4/c1-2-3-6-14(16(22)23)18-15(21)13-7-11-20(12-8-13)17(24)19-9-4-5-10-19/h2,13-14H,1,3-12H2,(H,18,21)(H,22,23). The lowest BCUT2D eigenvalue weighted by atomic mass is 9.95. The summed E-state index contributed by atoms with van der Waals surface area (Å²) < 4.78 is 0. The summed E-state index contributed by atoms with van der Waals surface area (Å²) in [6, 6.07) is -0.805. The van der Waals surface area contributed by atoms with E-state index in [0.29, 0.717) is 38.8 Å². The summed E-state index contributed by atoms with van der Waals surface area (Å²) in [6.07, 6.45) is 5.82. The molecule has 0 spiro atoms. The number of allylic oxidation sites excluding steroid dienone is 1. The quantitative estimate of drug-likeness (QED) is 0.718. The number of urea groups is 1. The number of aliphatic carboxylic acids is 1. The fraction of sp³-hybridized carbons (Fsp3) is 0.706. The van der Waals surface area contributed by atoms with Gasteiger partial charge < -0.3 is 20.2 Å². The molecule has 2 N–H and O–H groups in total. The molecule has 1 unspecified atom stereocenters. The van der Waals surface area contributed by atoms with Gasteiger partial charge in [0, 0.05) is 32.1 Å². The molecule has 0 aliphatic carbocycles. The summed E-state index contributed by atoms with van der Waals surface area (Å²) in [6.45, 7) is 6.32. The predicted octanol–water partition coefficient (Wildman–Crippen LogP) is 1.45. The molecule has 7 nitrogen and oxygen atoms in total. The van der Waals surface area contributed by atoms with Crippen molar-refractivity contribution in [2.45, 2.75) is 44.6 Å². The van der Waals surface area contributed by atoms with Gasteiger partial charge >= 0.3 is 12.0 Å². The summed E-state index contributed by atoms with van der Waals surface area (Å²) in [7, 11) is 0. The molecular formula is C17H27N3O4. The van der Waals surface area contributed by atoms with Crippen molar-refractivity contribution in [3.63, 3.8) is 0 Å². The smallest absolute Gasteiger partial charge is 0.326 e. The van der Waals surface area contributed by atoms with Gasteiger partial charge in [-0.15, -0.1) is 6.58 Å². The van der Waals surface area contributed by atoms with E-state index in [-0.39, 0.29) is 17.9 Å². The fourth-order valence-electron chi connectivity index (χ4n) is 3.27. The molecule has 0 aromatic carbocycles. The Bertz CT molecular complexity index is 480. The average molecular weight is 337 g/mol. The second-order valence-electron chi connectivity index (χ2n) is 6.50. The molecule has 2 heterocycles. The van der Waals surface area contributed by atoms with Crippen molar-refractivity contribution in [3.05, 3.63) is 12.7 Å². The van der Waals surface area contributed by atoms with Gasteiger partial charge in [-0.05, 0) is 38.5 Å². The topological polar surface area (TPSA) is 90.0 Å². The van der Waals surface area contributed by atoms with Gasteiger partial charge in [-0.25, -0.2) is 9.59 Å². The highest BCUT2D eigenvalue weighted by Crippen LogP contribution is 2.20. The van der Waals surface area contributed by atoms with Crippen LogP contribution in [0.4, 0.5) is 4.79 Å². The number of hydrogen-bond acceptors (Lipinski definition) is 3. The van der Waals surface area contributed by atoms with Crippen LogP contribution in [0, 0.1) is 5.92 Å². The van der Waals surface area contributed by atoms with Crippen LogP contribution in [0.15, 0.2) is 12.7 Å². The maximum Gasteiger partial charge on any atom is 0.326 e. The highest BCUT2D eigenvalue weighted by atomic mass is 16.4. The third kappa shape index (κ3) is 4.72. The molecule has 2 saturated heterocycles. The first-order valence-electron chi connectivity index (χ1n) is 8.71. The van der Waals surface area contributed by atoms with E-state index in [2.05, 4.69) is 11.9 Å². The third-order valence-electron chi connectivity index (χ3n) is 4.79.